The fourth-order valence-electron chi connectivity index (χ4n) is 2.91. The van der Waals surface area contributed by atoms with Crippen LogP contribution in [0, 0.1) is 11.8 Å². The smallest absolute Gasteiger partial charge is 0.0263 e. The van der Waals surface area contributed by atoms with Crippen molar-refractivity contribution in [2.75, 3.05) is 23.8 Å². The summed E-state index contributed by atoms with van der Waals surface area (Å²) in [5.74, 6) is 5.90. The van der Waals surface area contributed by atoms with Gasteiger partial charge in [-0.05, 0) is 31.1 Å². The number of hydrogen-bond donors (Lipinski definition) is 1. The Bertz CT molecular complexity index is 204. The van der Waals surface area contributed by atoms with Crippen molar-refractivity contribution >= 4 is 23.5 Å². The van der Waals surface area contributed by atoms with Crippen LogP contribution >= 0.6 is 23.5 Å². The molecule has 0 amide bonds. The minimum Gasteiger partial charge on any atom is -0.313 e. The maximum absolute atomic E-state index is 3.83. The Labute approximate surface area is 109 Å². The first-order chi connectivity index (χ1) is 7.75. The van der Waals surface area contributed by atoms with Gasteiger partial charge in [-0.15, -0.1) is 0 Å². The Morgan fingerprint density at radius 1 is 1.19 bits per heavy atom. The average molecular weight is 259 g/mol. The molecule has 0 aromatic rings. The molecule has 2 fully saturated rings. The van der Waals surface area contributed by atoms with Crippen molar-refractivity contribution < 1.29 is 0 Å². The van der Waals surface area contributed by atoms with Gasteiger partial charge in [0.2, 0.25) is 0 Å². The van der Waals surface area contributed by atoms with E-state index in [1.807, 2.05) is 0 Å². The summed E-state index contributed by atoms with van der Waals surface area (Å²) in [6.45, 7) is 6.07. The first-order valence-corrected chi connectivity index (χ1v) is 8.88. The highest BCUT2D eigenvalue weighted by Gasteiger charge is 2.25. The van der Waals surface area contributed by atoms with E-state index in [0.29, 0.717) is 0 Å². The number of nitrogens with one attached hydrogen (secondary N) is 1. The van der Waals surface area contributed by atoms with Crippen LogP contribution < -0.4 is 5.32 Å². The van der Waals surface area contributed by atoms with Gasteiger partial charge in [0.05, 0.1) is 0 Å². The highest BCUT2D eigenvalue weighted by atomic mass is 32.2. The summed E-state index contributed by atoms with van der Waals surface area (Å²) in [7, 11) is 0. The topological polar surface area (TPSA) is 12.0 Å². The lowest BCUT2D eigenvalue weighted by Crippen LogP contribution is -2.42. The molecule has 2 aliphatic rings. The van der Waals surface area contributed by atoms with E-state index in [-0.39, 0.29) is 0 Å². The summed E-state index contributed by atoms with van der Waals surface area (Å²) in [6, 6.07) is 0.795. The molecule has 1 heterocycles. The van der Waals surface area contributed by atoms with E-state index in [1.165, 1.54) is 43.1 Å². The zero-order valence-electron chi connectivity index (χ0n) is 10.6. The minimum atomic E-state index is 0.795. The molecule has 0 radical (unpaired) electrons. The third-order valence-corrected chi connectivity index (χ3v) is 6.77. The van der Waals surface area contributed by atoms with E-state index < -0.39 is 0 Å². The zero-order valence-corrected chi connectivity index (χ0v) is 12.2. The lowest BCUT2D eigenvalue weighted by atomic mass is 9.80. The molecule has 1 aliphatic carbocycles. The van der Waals surface area contributed by atoms with Crippen LogP contribution in [0.3, 0.4) is 0 Å². The molecule has 1 N–H and O–H groups in total. The van der Waals surface area contributed by atoms with E-state index in [0.717, 1.165) is 23.1 Å². The minimum absolute atomic E-state index is 0.795. The maximum atomic E-state index is 3.83. The first-order valence-electron chi connectivity index (χ1n) is 6.68. The second-order valence-electron chi connectivity index (χ2n) is 5.48. The number of rotatable bonds is 3. The van der Waals surface area contributed by atoms with Crippen LogP contribution in [0.25, 0.3) is 0 Å². The van der Waals surface area contributed by atoms with Gasteiger partial charge in [-0.2, -0.15) is 23.5 Å². The molecule has 0 aromatic carbocycles. The van der Waals surface area contributed by atoms with E-state index in [4.69, 9.17) is 0 Å². The maximum Gasteiger partial charge on any atom is 0.0263 e. The van der Waals surface area contributed by atoms with Gasteiger partial charge < -0.3 is 5.32 Å². The molecule has 94 valence electrons. The Morgan fingerprint density at radius 3 is 2.75 bits per heavy atom. The summed E-state index contributed by atoms with van der Waals surface area (Å²) in [5, 5.41) is 4.69. The number of thioether (sulfide) groups is 2. The second-order valence-corrected chi connectivity index (χ2v) is 8.04. The van der Waals surface area contributed by atoms with Crippen LogP contribution in [-0.4, -0.2) is 35.1 Å². The van der Waals surface area contributed by atoms with E-state index >= 15 is 0 Å². The predicted molar refractivity (Wildman–Crippen MR) is 77.5 cm³/mol. The third-order valence-electron chi connectivity index (χ3n) is 3.92. The summed E-state index contributed by atoms with van der Waals surface area (Å²) >= 11 is 4.30. The molecule has 4 atom stereocenters. The van der Waals surface area contributed by atoms with Crippen molar-refractivity contribution in [3.05, 3.63) is 0 Å². The molecule has 4 unspecified atom stereocenters. The van der Waals surface area contributed by atoms with E-state index in [1.54, 1.807) is 0 Å². The van der Waals surface area contributed by atoms with Gasteiger partial charge in [0.25, 0.3) is 0 Å². The van der Waals surface area contributed by atoms with Gasteiger partial charge in [-0.1, -0.05) is 13.8 Å². The summed E-state index contributed by atoms with van der Waals surface area (Å²) in [4.78, 5) is 0. The van der Waals surface area contributed by atoms with Crippen LogP contribution in [0.15, 0.2) is 0 Å². The molecular formula is C13H25NS2. The Morgan fingerprint density at radius 2 is 2.06 bits per heavy atom. The van der Waals surface area contributed by atoms with Crippen molar-refractivity contribution in [1.29, 1.82) is 0 Å². The van der Waals surface area contributed by atoms with Crippen molar-refractivity contribution in [2.24, 2.45) is 11.8 Å². The van der Waals surface area contributed by atoms with Gasteiger partial charge >= 0.3 is 0 Å². The van der Waals surface area contributed by atoms with Crippen LogP contribution in [0.2, 0.25) is 0 Å². The van der Waals surface area contributed by atoms with Gasteiger partial charge in [-0.25, -0.2) is 0 Å². The van der Waals surface area contributed by atoms with Crippen LogP contribution in [-0.2, 0) is 0 Å². The lowest BCUT2D eigenvalue weighted by Gasteiger charge is -2.34. The Kier molecular flexibility index (Phi) is 5.37. The molecule has 2 rings (SSSR count). The van der Waals surface area contributed by atoms with Gasteiger partial charge in [0, 0.05) is 35.1 Å². The third kappa shape index (κ3) is 3.85. The standard InChI is InChI=1S/C13H25NS2/c1-10-3-4-13(11(2)7-10)14-8-12-9-15-5-6-16-12/h10-14H,3-9H2,1-2H3. The molecule has 1 saturated heterocycles. The molecular weight excluding hydrogens is 234 g/mol. The number of hydrogen-bond acceptors (Lipinski definition) is 3. The fraction of sp³-hybridized carbons (Fsp3) is 1.00. The van der Waals surface area contributed by atoms with Crippen molar-refractivity contribution in [3.8, 4) is 0 Å². The quantitative estimate of drug-likeness (QED) is 0.835. The van der Waals surface area contributed by atoms with Crippen molar-refractivity contribution in [2.45, 2.75) is 44.4 Å². The summed E-state index contributed by atoms with van der Waals surface area (Å²) in [5.41, 5.74) is 0. The fourth-order valence-corrected chi connectivity index (χ4v) is 5.53. The van der Waals surface area contributed by atoms with Gasteiger partial charge in [0.1, 0.15) is 0 Å². The zero-order chi connectivity index (χ0) is 11.4. The van der Waals surface area contributed by atoms with E-state index in [2.05, 4.69) is 42.7 Å². The molecule has 0 spiro atoms. The van der Waals surface area contributed by atoms with Crippen LogP contribution in [0.1, 0.15) is 33.1 Å². The van der Waals surface area contributed by atoms with Crippen molar-refractivity contribution in [1.82, 2.24) is 5.32 Å². The van der Waals surface area contributed by atoms with Gasteiger partial charge in [0.15, 0.2) is 0 Å². The SMILES string of the molecule is CC1CCC(NCC2CSCCS2)C(C)C1. The monoisotopic (exact) mass is 259 g/mol. The molecule has 1 aliphatic heterocycles. The molecule has 0 bridgehead atoms. The molecule has 0 aromatic heterocycles. The predicted octanol–water partition coefficient (Wildman–Crippen LogP) is 3.25. The normalized spacial score (nSPS) is 40.9. The molecule has 1 nitrogen and oxygen atoms in total. The molecule has 3 heteroatoms. The second kappa shape index (κ2) is 6.55. The lowest BCUT2D eigenvalue weighted by molar-refractivity contribution is 0.229. The molecule has 1 saturated carbocycles. The summed E-state index contributed by atoms with van der Waals surface area (Å²) < 4.78 is 0. The van der Waals surface area contributed by atoms with Gasteiger partial charge in [-0.3, -0.25) is 0 Å². The summed E-state index contributed by atoms with van der Waals surface area (Å²) in [6.07, 6.45) is 4.24. The first kappa shape index (κ1) is 13.1. The average Bonchev–Trinajstić information content (AvgIpc) is 2.29. The van der Waals surface area contributed by atoms with Crippen LogP contribution in [0.5, 0.6) is 0 Å². The highest BCUT2D eigenvalue weighted by Crippen LogP contribution is 2.29. The van der Waals surface area contributed by atoms with Crippen LogP contribution in [0.4, 0.5) is 0 Å². The Balaban J connectivity index is 1.68. The Hall–Kier alpha value is 0.660. The molecule has 16 heavy (non-hydrogen) atoms. The highest BCUT2D eigenvalue weighted by molar-refractivity contribution is 8.06. The van der Waals surface area contributed by atoms with E-state index in [9.17, 15) is 0 Å². The largest absolute Gasteiger partial charge is 0.313 e. The van der Waals surface area contributed by atoms with Crippen molar-refractivity contribution in [3.63, 3.8) is 0 Å².